The van der Waals surface area contributed by atoms with Gasteiger partial charge >= 0.3 is 0 Å². The number of rotatable bonds is 9. The number of nitrogens with zero attached hydrogens (tertiary/aromatic N) is 2. The highest BCUT2D eigenvalue weighted by atomic mass is 19.1. The highest BCUT2D eigenvalue weighted by Crippen LogP contribution is 2.39. The van der Waals surface area contributed by atoms with Crippen LogP contribution in [0.15, 0.2) is 79.1 Å². The van der Waals surface area contributed by atoms with Crippen LogP contribution in [0.25, 0.3) is 0 Å². The summed E-state index contributed by atoms with van der Waals surface area (Å²) in [6.07, 6.45) is 3.39. The van der Waals surface area contributed by atoms with Gasteiger partial charge in [-0.05, 0) is 35.4 Å². The molecule has 35 heavy (non-hydrogen) atoms. The fourth-order valence-corrected chi connectivity index (χ4v) is 3.74. The van der Waals surface area contributed by atoms with E-state index in [4.69, 9.17) is 14.2 Å². The van der Waals surface area contributed by atoms with Gasteiger partial charge in [-0.3, -0.25) is 4.79 Å². The summed E-state index contributed by atoms with van der Waals surface area (Å²) >= 11 is 0. The van der Waals surface area contributed by atoms with E-state index in [0.717, 1.165) is 5.56 Å². The standard InChI is InChI=1S/C27H26FN3O4/c1-31-13-12-29-26(31)24(19-10-7-11-21(28)14-19)30-27(32)20-15-22(33-2)25(23(16-20)34-3)35-17-18-8-5-4-6-9-18/h4-16,24H,17H2,1-3H3,(H,30,32). The van der Waals surface area contributed by atoms with Gasteiger partial charge in [0.25, 0.3) is 5.91 Å². The number of hydrogen-bond acceptors (Lipinski definition) is 5. The van der Waals surface area contributed by atoms with Gasteiger partial charge in [-0.2, -0.15) is 0 Å². The Kier molecular flexibility index (Phi) is 7.30. The van der Waals surface area contributed by atoms with Crippen LogP contribution in [0, 0.1) is 5.82 Å². The van der Waals surface area contributed by atoms with Crippen LogP contribution in [0.1, 0.15) is 33.4 Å². The van der Waals surface area contributed by atoms with Gasteiger partial charge in [0.2, 0.25) is 5.75 Å². The van der Waals surface area contributed by atoms with Crippen LogP contribution < -0.4 is 19.5 Å². The molecule has 1 amide bonds. The number of amides is 1. The summed E-state index contributed by atoms with van der Waals surface area (Å²) in [5.41, 5.74) is 1.84. The molecule has 1 aromatic heterocycles. The van der Waals surface area contributed by atoms with Gasteiger partial charge in [0, 0.05) is 25.0 Å². The van der Waals surface area contributed by atoms with Gasteiger partial charge < -0.3 is 24.1 Å². The molecular weight excluding hydrogens is 449 g/mol. The summed E-state index contributed by atoms with van der Waals surface area (Å²) in [6, 6.07) is 18.2. The molecular formula is C27H26FN3O4. The number of benzene rings is 3. The molecule has 0 radical (unpaired) electrons. The number of aryl methyl sites for hydroxylation is 1. The highest BCUT2D eigenvalue weighted by Gasteiger charge is 2.24. The summed E-state index contributed by atoms with van der Waals surface area (Å²) in [6.45, 7) is 0.305. The van der Waals surface area contributed by atoms with E-state index >= 15 is 0 Å². The van der Waals surface area contributed by atoms with E-state index in [-0.39, 0.29) is 0 Å². The van der Waals surface area contributed by atoms with E-state index in [2.05, 4.69) is 10.3 Å². The number of carbonyl (C=O) groups excluding carboxylic acids is 1. The number of hydrogen-bond donors (Lipinski definition) is 1. The number of carbonyl (C=O) groups is 1. The Bertz CT molecular complexity index is 1280. The first-order valence-electron chi connectivity index (χ1n) is 11.0. The van der Waals surface area contributed by atoms with Crippen molar-refractivity contribution in [1.29, 1.82) is 0 Å². The molecule has 180 valence electrons. The van der Waals surface area contributed by atoms with Gasteiger partial charge in [-0.25, -0.2) is 9.37 Å². The Labute approximate surface area is 203 Å². The molecule has 0 aliphatic carbocycles. The summed E-state index contributed by atoms with van der Waals surface area (Å²) < 4.78 is 32.8. The third-order valence-electron chi connectivity index (χ3n) is 5.52. The van der Waals surface area contributed by atoms with Gasteiger partial charge in [-0.1, -0.05) is 42.5 Å². The zero-order chi connectivity index (χ0) is 24.8. The zero-order valence-electron chi connectivity index (χ0n) is 19.7. The molecule has 1 N–H and O–H groups in total. The molecule has 4 aromatic rings. The Hall–Kier alpha value is -4.33. The number of nitrogens with one attached hydrogen (secondary N) is 1. The summed E-state index contributed by atoms with van der Waals surface area (Å²) in [4.78, 5) is 17.7. The molecule has 0 aliphatic heterocycles. The van der Waals surface area contributed by atoms with E-state index in [0.29, 0.717) is 40.8 Å². The maximum Gasteiger partial charge on any atom is 0.252 e. The monoisotopic (exact) mass is 475 g/mol. The van der Waals surface area contributed by atoms with Crippen LogP contribution in [-0.4, -0.2) is 29.7 Å². The van der Waals surface area contributed by atoms with Gasteiger partial charge in [0.15, 0.2) is 11.5 Å². The van der Waals surface area contributed by atoms with Crippen molar-refractivity contribution in [2.24, 2.45) is 7.05 Å². The van der Waals surface area contributed by atoms with Crippen LogP contribution in [-0.2, 0) is 13.7 Å². The quantitative estimate of drug-likeness (QED) is 0.381. The molecule has 0 saturated carbocycles. The molecule has 0 spiro atoms. The van der Waals surface area contributed by atoms with E-state index in [9.17, 15) is 9.18 Å². The van der Waals surface area contributed by atoms with Crippen molar-refractivity contribution in [3.63, 3.8) is 0 Å². The van der Waals surface area contributed by atoms with Crippen LogP contribution in [0.5, 0.6) is 17.2 Å². The second kappa shape index (κ2) is 10.7. The Balaban J connectivity index is 1.64. The predicted octanol–water partition coefficient (Wildman–Crippen LogP) is 4.67. The van der Waals surface area contributed by atoms with Crippen molar-refractivity contribution in [2.75, 3.05) is 14.2 Å². The molecule has 0 fully saturated rings. The van der Waals surface area contributed by atoms with Gasteiger partial charge in [0.1, 0.15) is 24.3 Å². The Morgan fingerprint density at radius 2 is 1.74 bits per heavy atom. The first-order valence-corrected chi connectivity index (χ1v) is 11.0. The summed E-state index contributed by atoms with van der Waals surface area (Å²) in [5, 5.41) is 2.96. The van der Waals surface area contributed by atoms with E-state index in [1.54, 1.807) is 41.2 Å². The van der Waals surface area contributed by atoms with Crippen LogP contribution in [0.2, 0.25) is 0 Å². The third-order valence-corrected chi connectivity index (χ3v) is 5.52. The van der Waals surface area contributed by atoms with Gasteiger partial charge in [0.05, 0.1) is 14.2 Å². The normalized spacial score (nSPS) is 11.5. The molecule has 1 heterocycles. The van der Waals surface area contributed by atoms with E-state index < -0.39 is 17.8 Å². The SMILES string of the molecule is COc1cc(C(=O)NC(c2cccc(F)c2)c2nccn2C)cc(OC)c1OCc1ccccc1. The van der Waals surface area contributed by atoms with Crippen molar-refractivity contribution in [1.82, 2.24) is 14.9 Å². The second-order valence-electron chi connectivity index (χ2n) is 7.84. The average molecular weight is 476 g/mol. The minimum atomic E-state index is -0.677. The molecule has 7 nitrogen and oxygen atoms in total. The first kappa shape index (κ1) is 23.8. The molecule has 0 saturated heterocycles. The fraction of sp³-hybridized carbons (Fsp3) is 0.185. The largest absolute Gasteiger partial charge is 0.493 e. The molecule has 1 atom stereocenters. The smallest absolute Gasteiger partial charge is 0.252 e. The molecule has 4 rings (SSSR count). The van der Waals surface area contributed by atoms with Crippen molar-refractivity contribution in [3.05, 3.63) is 107 Å². The molecule has 0 bridgehead atoms. The van der Waals surface area contributed by atoms with Crippen LogP contribution in [0.3, 0.4) is 0 Å². The summed E-state index contributed by atoms with van der Waals surface area (Å²) in [5.74, 6) is 0.842. The Morgan fingerprint density at radius 1 is 1.03 bits per heavy atom. The maximum atomic E-state index is 14.0. The molecule has 0 aliphatic rings. The number of aromatic nitrogens is 2. The van der Waals surface area contributed by atoms with E-state index in [1.165, 1.54) is 26.4 Å². The number of methoxy groups -OCH3 is 2. The first-order chi connectivity index (χ1) is 17.0. The lowest BCUT2D eigenvalue weighted by Crippen LogP contribution is -2.31. The number of halogens is 1. The lowest BCUT2D eigenvalue weighted by molar-refractivity contribution is 0.0940. The number of imidazole rings is 1. The maximum absolute atomic E-state index is 14.0. The van der Waals surface area contributed by atoms with Crippen molar-refractivity contribution >= 4 is 5.91 Å². The predicted molar refractivity (Wildman–Crippen MR) is 129 cm³/mol. The third kappa shape index (κ3) is 5.43. The van der Waals surface area contributed by atoms with Crippen LogP contribution in [0.4, 0.5) is 4.39 Å². The number of ether oxygens (including phenoxy) is 3. The van der Waals surface area contributed by atoms with Gasteiger partial charge in [-0.15, -0.1) is 0 Å². The fourth-order valence-electron chi connectivity index (χ4n) is 3.74. The zero-order valence-corrected chi connectivity index (χ0v) is 19.7. The minimum absolute atomic E-state index is 0.293. The molecule has 1 unspecified atom stereocenters. The Morgan fingerprint density at radius 3 is 2.34 bits per heavy atom. The minimum Gasteiger partial charge on any atom is -0.493 e. The lowest BCUT2D eigenvalue weighted by atomic mass is 10.0. The second-order valence-corrected chi connectivity index (χ2v) is 7.84. The van der Waals surface area contributed by atoms with E-state index in [1.807, 2.05) is 37.4 Å². The highest BCUT2D eigenvalue weighted by molar-refractivity contribution is 5.96. The van der Waals surface area contributed by atoms with Crippen LogP contribution >= 0.6 is 0 Å². The van der Waals surface area contributed by atoms with Crippen molar-refractivity contribution in [2.45, 2.75) is 12.6 Å². The lowest BCUT2D eigenvalue weighted by Gasteiger charge is -2.20. The van der Waals surface area contributed by atoms with Crippen molar-refractivity contribution < 1.29 is 23.4 Å². The topological polar surface area (TPSA) is 74.6 Å². The molecule has 8 heteroatoms. The summed E-state index contributed by atoms with van der Waals surface area (Å²) in [7, 11) is 4.80. The van der Waals surface area contributed by atoms with Crippen molar-refractivity contribution in [3.8, 4) is 17.2 Å². The molecule has 3 aromatic carbocycles. The average Bonchev–Trinajstić information content (AvgIpc) is 3.31.